The van der Waals surface area contributed by atoms with Crippen molar-refractivity contribution < 1.29 is 27.5 Å². The second-order valence-electron chi connectivity index (χ2n) is 13.6. The van der Waals surface area contributed by atoms with Gasteiger partial charge >= 0.3 is 12.1 Å². The normalized spacial score (nSPS) is 25.0. The van der Waals surface area contributed by atoms with Crippen LogP contribution in [-0.4, -0.2) is 36.1 Å². The van der Waals surface area contributed by atoms with E-state index < -0.39 is 11.7 Å². The van der Waals surface area contributed by atoms with Crippen LogP contribution in [0.5, 0.6) is 0 Å². The fourth-order valence-electron chi connectivity index (χ4n) is 7.68. The van der Waals surface area contributed by atoms with E-state index in [0.717, 1.165) is 87.3 Å². The van der Waals surface area contributed by atoms with Crippen LogP contribution in [-0.2, 0) is 22.3 Å². The summed E-state index contributed by atoms with van der Waals surface area (Å²) in [5.41, 5.74) is 3.25. The third-order valence-corrected chi connectivity index (χ3v) is 10.4. The monoisotopic (exact) mass is 620 g/mol. The number of ether oxygens (including phenoxy) is 1. The molecule has 0 aromatic heterocycles. The molecule has 4 aliphatic rings. The Labute approximate surface area is 263 Å². The Balaban J connectivity index is 0.918. The van der Waals surface area contributed by atoms with Crippen LogP contribution in [0, 0.1) is 23.7 Å². The molecule has 8 heteroatoms. The Morgan fingerprint density at radius 2 is 1.71 bits per heavy atom. The molecule has 0 bridgehead atoms. The van der Waals surface area contributed by atoms with Gasteiger partial charge in [-0.1, -0.05) is 37.1 Å². The lowest BCUT2D eigenvalue weighted by Crippen LogP contribution is -2.39. The van der Waals surface area contributed by atoms with Crippen molar-refractivity contribution in [3.8, 4) is 0 Å². The average Bonchev–Trinajstić information content (AvgIpc) is 3.82. The number of benzene rings is 2. The summed E-state index contributed by atoms with van der Waals surface area (Å²) >= 11 is 0. The highest BCUT2D eigenvalue weighted by atomic mass is 19.4. The van der Waals surface area contributed by atoms with Gasteiger partial charge in [0, 0.05) is 31.3 Å². The Bertz CT molecular complexity index is 1450. The number of alkyl halides is 3. The molecule has 2 atom stereocenters. The maximum atomic E-state index is 13.3. The molecule has 2 unspecified atom stereocenters. The average molecular weight is 621 g/mol. The van der Waals surface area contributed by atoms with E-state index in [1.165, 1.54) is 24.5 Å². The van der Waals surface area contributed by atoms with Crippen LogP contribution in [0.4, 0.5) is 18.9 Å². The molecule has 0 N–H and O–H groups in total. The molecule has 2 aliphatic carbocycles. The maximum Gasteiger partial charge on any atom is 0.416 e. The number of carbonyl (C=O) groups excluding carboxylic acids is 2. The van der Waals surface area contributed by atoms with Crippen LogP contribution in [0.15, 0.2) is 47.5 Å². The van der Waals surface area contributed by atoms with Gasteiger partial charge in [0.1, 0.15) is 6.61 Å². The quantitative estimate of drug-likeness (QED) is 0.277. The van der Waals surface area contributed by atoms with Gasteiger partial charge in [-0.05, 0) is 122 Å². The largest absolute Gasteiger partial charge is 0.461 e. The predicted octanol–water partition coefficient (Wildman–Crippen LogP) is 9.13. The Hall–Kier alpha value is -3.42. The highest BCUT2D eigenvalue weighted by Crippen LogP contribution is 2.53. The number of hydrogen-bond acceptors (Lipinski definition) is 4. The summed E-state index contributed by atoms with van der Waals surface area (Å²) in [4.78, 5) is 32.6. The summed E-state index contributed by atoms with van der Waals surface area (Å²) in [5.74, 6) is 2.60. The maximum absolute atomic E-state index is 13.3. The molecule has 0 spiro atoms. The summed E-state index contributed by atoms with van der Waals surface area (Å²) in [6.07, 6.45) is 10.9. The zero-order valence-corrected chi connectivity index (χ0v) is 26.0. The van der Waals surface area contributed by atoms with Gasteiger partial charge in [0.25, 0.3) is 5.91 Å². The van der Waals surface area contributed by atoms with Gasteiger partial charge in [-0.25, -0.2) is 0 Å². The van der Waals surface area contributed by atoms with E-state index in [9.17, 15) is 22.8 Å². The summed E-state index contributed by atoms with van der Waals surface area (Å²) < 4.78 is 45.1. The van der Waals surface area contributed by atoms with Crippen molar-refractivity contribution in [3.05, 3.63) is 70.3 Å². The molecule has 2 heterocycles. The van der Waals surface area contributed by atoms with Gasteiger partial charge < -0.3 is 9.64 Å². The molecule has 240 valence electrons. The molecule has 2 aliphatic heterocycles. The number of piperidine rings is 1. The highest BCUT2D eigenvalue weighted by molar-refractivity contribution is 5.95. The summed E-state index contributed by atoms with van der Waals surface area (Å²) in [6.45, 7) is 3.21. The van der Waals surface area contributed by atoms with Crippen molar-refractivity contribution in [2.75, 3.05) is 13.1 Å². The van der Waals surface area contributed by atoms with Gasteiger partial charge in [-0.2, -0.15) is 13.2 Å². The number of amides is 1. The smallest absolute Gasteiger partial charge is 0.416 e. The number of nitrogens with zero attached hydrogens (tertiary/aromatic N) is 2. The second-order valence-corrected chi connectivity index (χ2v) is 13.6. The third kappa shape index (κ3) is 7.70. The number of halogens is 3. The van der Waals surface area contributed by atoms with Gasteiger partial charge in [0.15, 0.2) is 0 Å². The van der Waals surface area contributed by atoms with Crippen molar-refractivity contribution in [1.82, 2.24) is 4.90 Å². The van der Waals surface area contributed by atoms with Crippen LogP contribution in [0.25, 0.3) is 6.08 Å². The summed E-state index contributed by atoms with van der Waals surface area (Å²) in [7, 11) is 0. The van der Waals surface area contributed by atoms with E-state index >= 15 is 0 Å². The lowest BCUT2D eigenvalue weighted by Gasteiger charge is -2.35. The molecule has 45 heavy (non-hydrogen) atoms. The van der Waals surface area contributed by atoms with Crippen molar-refractivity contribution >= 4 is 29.9 Å². The third-order valence-electron chi connectivity index (χ3n) is 10.4. The molecule has 0 radical (unpaired) electrons. The summed E-state index contributed by atoms with van der Waals surface area (Å²) in [6, 6.07) is 9.64. The number of esters is 1. The molecular formula is C37H43F3N2O3. The lowest BCUT2D eigenvalue weighted by atomic mass is 9.75. The van der Waals surface area contributed by atoms with Gasteiger partial charge in [0.2, 0.25) is 0 Å². The van der Waals surface area contributed by atoms with Crippen LogP contribution in [0.2, 0.25) is 0 Å². The molecular weight excluding hydrogens is 577 g/mol. The topological polar surface area (TPSA) is 59.0 Å². The Morgan fingerprint density at radius 1 is 0.978 bits per heavy atom. The van der Waals surface area contributed by atoms with E-state index in [-0.39, 0.29) is 24.4 Å². The van der Waals surface area contributed by atoms with E-state index in [4.69, 9.17) is 4.74 Å². The lowest BCUT2D eigenvalue weighted by molar-refractivity contribution is -0.146. The molecule has 2 aromatic rings. The van der Waals surface area contributed by atoms with E-state index in [1.807, 2.05) is 23.2 Å². The van der Waals surface area contributed by atoms with E-state index in [2.05, 4.69) is 11.1 Å². The van der Waals surface area contributed by atoms with Gasteiger partial charge in [-0.3, -0.25) is 14.6 Å². The molecule has 2 saturated carbocycles. The predicted molar refractivity (Wildman–Crippen MR) is 169 cm³/mol. The van der Waals surface area contributed by atoms with E-state index in [1.54, 1.807) is 19.1 Å². The molecule has 2 aromatic carbocycles. The van der Waals surface area contributed by atoms with Crippen LogP contribution >= 0.6 is 0 Å². The number of hydrogen-bond donors (Lipinski definition) is 0. The van der Waals surface area contributed by atoms with Gasteiger partial charge in [0.05, 0.1) is 11.3 Å². The molecule has 3 fully saturated rings. The van der Waals surface area contributed by atoms with Crippen molar-refractivity contribution in [1.29, 1.82) is 0 Å². The first-order chi connectivity index (χ1) is 21.7. The first-order valence-electron chi connectivity index (χ1n) is 16.6. The minimum Gasteiger partial charge on any atom is -0.461 e. The zero-order chi connectivity index (χ0) is 31.6. The molecule has 1 saturated heterocycles. The number of likely N-dealkylation sites (tertiary alicyclic amines) is 1. The van der Waals surface area contributed by atoms with Crippen molar-refractivity contribution in [2.45, 2.75) is 89.8 Å². The second kappa shape index (κ2) is 13.5. The SMILES string of the molecule is CC=Cc1ccc(C(F)(F)F)cc1COC(=O)CC1CCC(CC2CCN(C(=O)c3ccc4c(c3)N=CCC3CC43)CC2)CC1. The number of fused-ring (bicyclic) bond motifs is 3. The minimum absolute atomic E-state index is 0.113. The van der Waals surface area contributed by atoms with Crippen LogP contribution in [0.3, 0.4) is 0 Å². The Morgan fingerprint density at radius 3 is 2.44 bits per heavy atom. The first-order valence-corrected chi connectivity index (χ1v) is 16.6. The number of rotatable bonds is 8. The highest BCUT2D eigenvalue weighted by Gasteiger charge is 2.40. The number of allylic oxidation sites excluding steroid dienone is 1. The van der Waals surface area contributed by atoms with E-state index in [0.29, 0.717) is 35.3 Å². The number of aliphatic imine (C=N–C) groups is 1. The molecule has 5 nitrogen and oxygen atoms in total. The Kier molecular flexibility index (Phi) is 9.48. The number of carbonyl (C=O) groups is 2. The van der Waals surface area contributed by atoms with Gasteiger partial charge in [-0.15, -0.1) is 0 Å². The fourth-order valence-corrected chi connectivity index (χ4v) is 7.68. The standard InChI is InChI=1S/C37H43F3N2O3/c1-2-3-27-8-10-31(37(38,39)40)20-30(27)23-45-35(43)19-25-6-4-24(5-7-25)18-26-13-16-42(17-14-26)36(44)29-9-11-32-33-21-28(33)12-15-41-34(32)22-29/h2-3,8-11,15,20,22,24-26,28,33H,4-7,12-14,16-19,21,23H2,1H3. The molecule has 6 rings (SSSR count). The van der Waals surface area contributed by atoms with Crippen LogP contribution < -0.4 is 0 Å². The van der Waals surface area contributed by atoms with Crippen LogP contribution in [0.1, 0.15) is 110 Å². The zero-order valence-electron chi connectivity index (χ0n) is 26.0. The van der Waals surface area contributed by atoms with Crippen molar-refractivity contribution in [3.63, 3.8) is 0 Å². The fraction of sp³-hybridized carbons (Fsp3) is 0.541. The van der Waals surface area contributed by atoms with Crippen molar-refractivity contribution in [2.24, 2.45) is 28.7 Å². The molecule has 1 amide bonds. The summed E-state index contributed by atoms with van der Waals surface area (Å²) in [5, 5.41) is 0. The minimum atomic E-state index is -4.45. The first kappa shape index (κ1) is 31.6.